The molecule has 1 aliphatic rings. The highest BCUT2D eigenvalue weighted by Gasteiger charge is 2.28. The van der Waals surface area contributed by atoms with Gasteiger partial charge >= 0.3 is 5.97 Å². The Kier molecular flexibility index (Phi) is 4.41. The molecular formula is C11H16N2O4S2. The molecule has 1 aromatic rings. The number of esters is 1. The van der Waals surface area contributed by atoms with Crippen molar-refractivity contribution in [2.75, 3.05) is 23.4 Å². The summed E-state index contributed by atoms with van der Waals surface area (Å²) in [6.07, 6.45) is 0.754. The Morgan fingerprint density at radius 2 is 2.42 bits per heavy atom. The van der Waals surface area contributed by atoms with Gasteiger partial charge in [0.25, 0.3) is 0 Å². The van der Waals surface area contributed by atoms with Crippen LogP contribution < -0.4 is 5.32 Å². The third-order valence-electron chi connectivity index (χ3n) is 2.74. The minimum Gasteiger partial charge on any atom is -0.466 e. The van der Waals surface area contributed by atoms with Gasteiger partial charge in [0.1, 0.15) is 0 Å². The number of hydrogen-bond acceptors (Lipinski definition) is 7. The van der Waals surface area contributed by atoms with Crippen LogP contribution in [0.15, 0.2) is 5.38 Å². The SMILES string of the molecule is CCOC(=O)Cc1csc(NC2CCS(=O)(=O)C2)n1. The molecule has 1 N–H and O–H groups in total. The summed E-state index contributed by atoms with van der Waals surface area (Å²) < 4.78 is 27.5. The monoisotopic (exact) mass is 304 g/mol. The summed E-state index contributed by atoms with van der Waals surface area (Å²) in [4.78, 5) is 15.5. The molecule has 106 valence electrons. The molecule has 8 heteroatoms. The lowest BCUT2D eigenvalue weighted by molar-refractivity contribution is -0.142. The van der Waals surface area contributed by atoms with Crippen LogP contribution in [0.3, 0.4) is 0 Å². The molecule has 0 radical (unpaired) electrons. The number of carbonyl (C=O) groups excluding carboxylic acids is 1. The van der Waals surface area contributed by atoms with Gasteiger partial charge in [0, 0.05) is 11.4 Å². The molecule has 0 aromatic carbocycles. The van der Waals surface area contributed by atoms with E-state index < -0.39 is 9.84 Å². The third-order valence-corrected chi connectivity index (χ3v) is 5.33. The highest BCUT2D eigenvalue weighted by molar-refractivity contribution is 7.91. The van der Waals surface area contributed by atoms with E-state index in [1.165, 1.54) is 11.3 Å². The molecule has 0 bridgehead atoms. The molecule has 0 saturated carbocycles. The van der Waals surface area contributed by atoms with E-state index in [1.807, 2.05) is 0 Å². The van der Waals surface area contributed by atoms with E-state index in [9.17, 15) is 13.2 Å². The first-order valence-electron chi connectivity index (χ1n) is 6.05. The molecule has 1 unspecified atom stereocenters. The van der Waals surface area contributed by atoms with Gasteiger partial charge in [-0.05, 0) is 13.3 Å². The van der Waals surface area contributed by atoms with Gasteiger partial charge in [-0.2, -0.15) is 0 Å². The van der Waals surface area contributed by atoms with Gasteiger partial charge in [-0.15, -0.1) is 11.3 Å². The lowest BCUT2D eigenvalue weighted by atomic mass is 10.3. The van der Waals surface area contributed by atoms with Crippen molar-refractivity contribution in [2.24, 2.45) is 0 Å². The first-order chi connectivity index (χ1) is 8.98. The minimum atomic E-state index is -2.89. The molecule has 1 aromatic heterocycles. The largest absolute Gasteiger partial charge is 0.466 e. The number of carbonyl (C=O) groups is 1. The number of anilines is 1. The molecule has 2 heterocycles. The Morgan fingerprint density at radius 3 is 3.05 bits per heavy atom. The summed E-state index contributed by atoms with van der Waals surface area (Å²) in [5.41, 5.74) is 0.645. The van der Waals surface area contributed by atoms with Gasteiger partial charge in [-0.25, -0.2) is 13.4 Å². The van der Waals surface area contributed by atoms with E-state index in [0.29, 0.717) is 23.9 Å². The number of nitrogens with zero attached hydrogens (tertiary/aromatic N) is 1. The fourth-order valence-corrected chi connectivity index (χ4v) is 4.36. The van der Waals surface area contributed by atoms with Crippen LogP contribution in [-0.4, -0.2) is 43.5 Å². The van der Waals surface area contributed by atoms with Crippen molar-refractivity contribution in [2.45, 2.75) is 25.8 Å². The number of nitrogens with one attached hydrogen (secondary N) is 1. The average Bonchev–Trinajstić information content (AvgIpc) is 2.86. The quantitative estimate of drug-likeness (QED) is 0.812. The van der Waals surface area contributed by atoms with Crippen LogP contribution in [0.4, 0.5) is 5.13 Å². The highest BCUT2D eigenvalue weighted by atomic mass is 32.2. The lowest BCUT2D eigenvalue weighted by Crippen LogP contribution is -2.20. The summed E-state index contributed by atoms with van der Waals surface area (Å²) in [5.74, 6) is 0.0775. The maximum absolute atomic E-state index is 11.3. The van der Waals surface area contributed by atoms with Crippen molar-refractivity contribution < 1.29 is 17.9 Å². The van der Waals surface area contributed by atoms with E-state index >= 15 is 0 Å². The average molecular weight is 304 g/mol. The number of rotatable bonds is 5. The predicted octanol–water partition coefficient (Wildman–Crippen LogP) is 0.848. The van der Waals surface area contributed by atoms with Crippen molar-refractivity contribution >= 4 is 32.3 Å². The topological polar surface area (TPSA) is 85.4 Å². The Bertz CT molecular complexity index is 553. The van der Waals surface area contributed by atoms with Crippen molar-refractivity contribution in [3.8, 4) is 0 Å². The Balaban J connectivity index is 1.89. The Morgan fingerprint density at radius 1 is 1.63 bits per heavy atom. The molecule has 1 saturated heterocycles. The molecule has 0 spiro atoms. The van der Waals surface area contributed by atoms with E-state index in [4.69, 9.17) is 4.74 Å². The van der Waals surface area contributed by atoms with Crippen molar-refractivity contribution in [1.82, 2.24) is 4.98 Å². The van der Waals surface area contributed by atoms with Gasteiger partial charge in [0.15, 0.2) is 15.0 Å². The van der Waals surface area contributed by atoms with Crippen LogP contribution in [0, 0.1) is 0 Å². The molecule has 2 rings (SSSR count). The summed E-state index contributed by atoms with van der Waals surface area (Å²) in [6, 6.07) is -0.0772. The third kappa shape index (κ3) is 4.17. The molecule has 6 nitrogen and oxygen atoms in total. The second kappa shape index (κ2) is 5.87. The van der Waals surface area contributed by atoms with Crippen LogP contribution in [0.5, 0.6) is 0 Å². The number of thiazole rings is 1. The molecule has 1 atom stereocenters. The van der Waals surface area contributed by atoms with E-state index in [0.717, 1.165) is 0 Å². The smallest absolute Gasteiger partial charge is 0.311 e. The highest BCUT2D eigenvalue weighted by Crippen LogP contribution is 2.21. The zero-order chi connectivity index (χ0) is 13.9. The summed E-state index contributed by atoms with van der Waals surface area (Å²) in [5, 5.41) is 5.53. The Hall–Kier alpha value is -1.15. The maximum atomic E-state index is 11.3. The van der Waals surface area contributed by atoms with Crippen LogP contribution in [-0.2, 0) is 25.8 Å². The first-order valence-corrected chi connectivity index (χ1v) is 8.75. The molecule has 0 aliphatic carbocycles. The van der Waals surface area contributed by atoms with Crippen molar-refractivity contribution in [3.05, 3.63) is 11.1 Å². The van der Waals surface area contributed by atoms with E-state index in [1.54, 1.807) is 12.3 Å². The molecular weight excluding hydrogens is 288 g/mol. The number of ether oxygens (including phenoxy) is 1. The summed E-state index contributed by atoms with van der Waals surface area (Å²) in [7, 11) is -2.89. The van der Waals surface area contributed by atoms with E-state index in [-0.39, 0.29) is 29.9 Å². The second-order valence-corrected chi connectivity index (χ2v) is 7.46. The zero-order valence-corrected chi connectivity index (χ0v) is 12.2. The molecule has 1 aliphatic heterocycles. The second-order valence-electron chi connectivity index (χ2n) is 4.37. The van der Waals surface area contributed by atoms with Gasteiger partial charge in [0.2, 0.25) is 0 Å². The predicted molar refractivity (Wildman–Crippen MR) is 73.1 cm³/mol. The Labute approximate surface area is 116 Å². The summed E-state index contributed by atoms with van der Waals surface area (Å²) in [6.45, 7) is 2.11. The molecule has 0 amide bonds. The van der Waals surface area contributed by atoms with Gasteiger partial charge in [-0.3, -0.25) is 4.79 Å². The van der Waals surface area contributed by atoms with Gasteiger partial charge in [0.05, 0.1) is 30.2 Å². The molecule has 1 fully saturated rings. The van der Waals surface area contributed by atoms with Gasteiger partial charge < -0.3 is 10.1 Å². The van der Waals surface area contributed by atoms with Gasteiger partial charge in [-0.1, -0.05) is 0 Å². The molecule has 19 heavy (non-hydrogen) atoms. The number of hydrogen-bond donors (Lipinski definition) is 1. The van der Waals surface area contributed by atoms with Crippen molar-refractivity contribution in [3.63, 3.8) is 0 Å². The van der Waals surface area contributed by atoms with E-state index in [2.05, 4.69) is 10.3 Å². The first kappa shape index (κ1) is 14.3. The van der Waals surface area contributed by atoms with Crippen LogP contribution in [0.25, 0.3) is 0 Å². The minimum absolute atomic E-state index is 0.0772. The number of aromatic nitrogens is 1. The zero-order valence-electron chi connectivity index (χ0n) is 10.6. The summed E-state index contributed by atoms with van der Waals surface area (Å²) >= 11 is 1.37. The van der Waals surface area contributed by atoms with Crippen molar-refractivity contribution in [1.29, 1.82) is 0 Å². The van der Waals surface area contributed by atoms with Crippen LogP contribution in [0.1, 0.15) is 19.0 Å². The van der Waals surface area contributed by atoms with Crippen LogP contribution >= 0.6 is 11.3 Å². The fraction of sp³-hybridized carbons (Fsp3) is 0.636. The number of sulfone groups is 1. The fourth-order valence-electron chi connectivity index (χ4n) is 1.90. The standard InChI is InChI=1S/C11H16N2O4S2/c1-2-17-10(14)5-9-6-18-11(13-9)12-8-3-4-19(15,16)7-8/h6,8H,2-5,7H2,1H3,(H,12,13). The van der Waals surface area contributed by atoms with Crippen LogP contribution in [0.2, 0.25) is 0 Å². The maximum Gasteiger partial charge on any atom is 0.311 e. The lowest BCUT2D eigenvalue weighted by Gasteiger charge is -2.08. The normalized spacial score (nSPS) is 21.2.